The highest BCUT2D eigenvalue weighted by atomic mass is 19.1. The Morgan fingerprint density at radius 3 is 2.95 bits per heavy atom. The fraction of sp³-hybridized carbons (Fsp3) is 0.500. The van der Waals surface area contributed by atoms with E-state index in [2.05, 4.69) is 5.32 Å². The van der Waals surface area contributed by atoms with Gasteiger partial charge in [0, 0.05) is 18.5 Å². The SMILES string of the molecule is CCOC(=O)C1CNCC1(C)c1cc(F)ccc1F. The Kier molecular flexibility index (Phi) is 3.85. The summed E-state index contributed by atoms with van der Waals surface area (Å²) < 4.78 is 32.3. The van der Waals surface area contributed by atoms with Crippen LogP contribution in [0.4, 0.5) is 8.78 Å². The standard InChI is InChI=1S/C14H17F2NO2/c1-3-19-13(18)11-7-17-8-14(11,2)10-6-9(15)4-5-12(10)16/h4-6,11,17H,3,7-8H2,1-2H3. The first-order valence-corrected chi connectivity index (χ1v) is 6.32. The third-order valence-corrected chi connectivity index (χ3v) is 3.72. The number of halogens is 2. The molecule has 1 aliphatic rings. The third kappa shape index (κ3) is 2.47. The van der Waals surface area contributed by atoms with Gasteiger partial charge in [-0.15, -0.1) is 0 Å². The topological polar surface area (TPSA) is 38.3 Å². The van der Waals surface area contributed by atoms with Crippen molar-refractivity contribution in [3.63, 3.8) is 0 Å². The van der Waals surface area contributed by atoms with Gasteiger partial charge in [0.25, 0.3) is 0 Å². The summed E-state index contributed by atoms with van der Waals surface area (Å²) in [5.41, 5.74) is -0.575. The van der Waals surface area contributed by atoms with Gasteiger partial charge >= 0.3 is 5.97 Å². The van der Waals surface area contributed by atoms with E-state index in [-0.39, 0.29) is 18.1 Å². The van der Waals surface area contributed by atoms with Crippen LogP contribution >= 0.6 is 0 Å². The van der Waals surface area contributed by atoms with E-state index >= 15 is 0 Å². The molecule has 2 rings (SSSR count). The van der Waals surface area contributed by atoms with Crippen LogP contribution in [0.25, 0.3) is 0 Å². The summed E-state index contributed by atoms with van der Waals surface area (Å²) >= 11 is 0. The smallest absolute Gasteiger partial charge is 0.311 e. The number of nitrogens with one attached hydrogen (secondary N) is 1. The van der Waals surface area contributed by atoms with Crippen LogP contribution in [-0.2, 0) is 14.9 Å². The number of rotatable bonds is 3. The molecule has 0 saturated carbocycles. The maximum absolute atomic E-state index is 13.9. The quantitative estimate of drug-likeness (QED) is 0.853. The van der Waals surface area contributed by atoms with E-state index in [4.69, 9.17) is 4.74 Å². The Morgan fingerprint density at radius 2 is 2.26 bits per heavy atom. The molecule has 2 unspecified atom stereocenters. The number of esters is 1. The lowest BCUT2D eigenvalue weighted by molar-refractivity contribution is -0.149. The van der Waals surface area contributed by atoms with Crippen molar-refractivity contribution in [2.24, 2.45) is 5.92 Å². The first-order valence-electron chi connectivity index (χ1n) is 6.32. The van der Waals surface area contributed by atoms with E-state index in [1.54, 1.807) is 13.8 Å². The normalized spacial score (nSPS) is 26.4. The molecule has 0 radical (unpaired) electrons. The predicted molar refractivity (Wildman–Crippen MR) is 66.7 cm³/mol. The van der Waals surface area contributed by atoms with Gasteiger partial charge in [0.1, 0.15) is 11.6 Å². The van der Waals surface area contributed by atoms with Crippen molar-refractivity contribution in [1.29, 1.82) is 0 Å². The number of benzene rings is 1. The zero-order chi connectivity index (χ0) is 14.0. The summed E-state index contributed by atoms with van der Waals surface area (Å²) in [6.07, 6.45) is 0. The van der Waals surface area contributed by atoms with E-state index in [1.807, 2.05) is 0 Å². The maximum atomic E-state index is 13.9. The fourth-order valence-corrected chi connectivity index (χ4v) is 2.63. The Morgan fingerprint density at radius 1 is 1.53 bits per heavy atom. The van der Waals surface area contributed by atoms with E-state index < -0.39 is 23.0 Å². The first-order chi connectivity index (χ1) is 8.99. The van der Waals surface area contributed by atoms with Gasteiger partial charge in [-0.2, -0.15) is 0 Å². The van der Waals surface area contributed by atoms with Gasteiger partial charge in [0.15, 0.2) is 0 Å². The van der Waals surface area contributed by atoms with E-state index in [0.717, 1.165) is 18.2 Å². The Hall–Kier alpha value is -1.49. The molecule has 1 aromatic carbocycles. The van der Waals surface area contributed by atoms with Gasteiger partial charge in [0.2, 0.25) is 0 Å². The monoisotopic (exact) mass is 269 g/mol. The van der Waals surface area contributed by atoms with Crippen LogP contribution in [0.2, 0.25) is 0 Å². The van der Waals surface area contributed by atoms with Gasteiger partial charge in [-0.3, -0.25) is 4.79 Å². The van der Waals surface area contributed by atoms with Crippen LogP contribution in [0.1, 0.15) is 19.4 Å². The highest BCUT2D eigenvalue weighted by Crippen LogP contribution is 2.37. The summed E-state index contributed by atoms with van der Waals surface area (Å²) in [7, 11) is 0. The summed E-state index contributed by atoms with van der Waals surface area (Å²) in [5.74, 6) is -1.89. The minimum atomic E-state index is -0.793. The zero-order valence-corrected chi connectivity index (χ0v) is 11.0. The van der Waals surface area contributed by atoms with Crippen LogP contribution in [0, 0.1) is 17.6 Å². The molecule has 1 aliphatic heterocycles. The van der Waals surface area contributed by atoms with Crippen LogP contribution in [0.3, 0.4) is 0 Å². The number of carbonyl (C=O) groups is 1. The van der Waals surface area contributed by atoms with Crippen LogP contribution in [-0.4, -0.2) is 25.7 Å². The second-order valence-electron chi connectivity index (χ2n) is 4.98. The molecule has 0 aromatic heterocycles. The molecule has 5 heteroatoms. The second-order valence-corrected chi connectivity index (χ2v) is 4.98. The van der Waals surface area contributed by atoms with Gasteiger partial charge in [-0.05, 0) is 30.7 Å². The number of hydrogen-bond acceptors (Lipinski definition) is 3. The highest BCUT2D eigenvalue weighted by molar-refractivity contribution is 5.75. The zero-order valence-electron chi connectivity index (χ0n) is 11.0. The van der Waals surface area contributed by atoms with Gasteiger partial charge in [-0.25, -0.2) is 8.78 Å². The van der Waals surface area contributed by atoms with Crippen molar-refractivity contribution >= 4 is 5.97 Å². The maximum Gasteiger partial charge on any atom is 0.311 e. The molecule has 1 fully saturated rings. The Balaban J connectivity index is 2.39. The molecule has 1 heterocycles. The number of ether oxygens (including phenoxy) is 1. The summed E-state index contributed by atoms with van der Waals surface area (Å²) in [6, 6.07) is 3.33. The molecule has 0 amide bonds. The fourth-order valence-electron chi connectivity index (χ4n) is 2.63. The molecule has 1 N–H and O–H groups in total. The molecule has 1 saturated heterocycles. The van der Waals surface area contributed by atoms with Crippen molar-refractivity contribution < 1.29 is 18.3 Å². The summed E-state index contributed by atoms with van der Waals surface area (Å²) in [4.78, 5) is 12.0. The minimum Gasteiger partial charge on any atom is -0.466 e. The Bertz CT molecular complexity index is 492. The van der Waals surface area contributed by atoms with Crippen molar-refractivity contribution in [2.45, 2.75) is 19.3 Å². The van der Waals surface area contributed by atoms with E-state index in [9.17, 15) is 13.6 Å². The molecule has 0 spiro atoms. The molecule has 3 nitrogen and oxygen atoms in total. The average Bonchev–Trinajstić information content (AvgIpc) is 2.76. The minimum absolute atomic E-state index is 0.218. The third-order valence-electron chi connectivity index (χ3n) is 3.72. The lowest BCUT2D eigenvalue weighted by Gasteiger charge is -2.30. The predicted octanol–water partition coefficient (Wildman–Crippen LogP) is 2.00. The molecular formula is C14H17F2NO2. The van der Waals surface area contributed by atoms with Crippen LogP contribution in [0.15, 0.2) is 18.2 Å². The lowest BCUT2D eigenvalue weighted by atomic mass is 9.74. The van der Waals surface area contributed by atoms with E-state index in [1.165, 1.54) is 0 Å². The van der Waals surface area contributed by atoms with Crippen molar-refractivity contribution in [2.75, 3.05) is 19.7 Å². The van der Waals surface area contributed by atoms with Crippen LogP contribution < -0.4 is 5.32 Å². The molecular weight excluding hydrogens is 252 g/mol. The van der Waals surface area contributed by atoms with Gasteiger partial charge < -0.3 is 10.1 Å². The Labute approximate surface area is 111 Å². The first kappa shape index (κ1) is 13.9. The lowest BCUT2D eigenvalue weighted by Crippen LogP contribution is -2.38. The van der Waals surface area contributed by atoms with E-state index in [0.29, 0.717) is 13.1 Å². The molecule has 1 aromatic rings. The van der Waals surface area contributed by atoms with Gasteiger partial charge in [0.05, 0.1) is 12.5 Å². The van der Waals surface area contributed by atoms with Gasteiger partial charge in [-0.1, -0.05) is 6.92 Å². The highest BCUT2D eigenvalue weighted by Gasteiger charge is 2.46. The van der Waals surface area contributed by atoms with Crippen LogP contribution in [0.5, 0.6) is 0 Å². The van der Waals surface area contributed by atoms with Crippen molar-refractivity contribution in [1.82, 2.24) is 5.32 Å². The number of hydrogen-bond donors (Lipinski definition) is 1. The molecule has 0 aliphatic carbocycles. The average molecular weight is 269 g/mol. The second kappa shape index (κ2) is 5.25. The molecule has 104 valence electrons. The summed E-state index contributed by atoms with van der Waals surface area (Å²) in [5, 5.41) is 3.06. The summed E-state index contributed by atoms with van der Waals surface area (Å²) in [6.45, 7) is 4.58. The van der Waals surface area contributed by atoms with Crippen molar-refractivity contribution in [3.05, 3.63) is 35.4 Å². The molecule has 19 heavy (non-hydrogen) atoms. The number of carbonyl (C=O) groups excluding carboxylic acids is 1. The largest absolute Gasteiger partial charge is 0.466 e. The molecule has 2 atom stereocenters. The molecule has 0 bridgehead atoms. The van der Waals surface area contributed by atoms with Crippen molar-refractivity contribution in [3.8, 4) is 0 Å².